The molecule has 5 nitrogen and oxygen atoms in total. The summed E-state index contributed by atoms with van der Waals surface area (Å²) in [6.07, 6.45) is 1.97. The van der Waals surface area contributed by atoms with Crippen LogP contribution in [0.2, 0.25) is 0 Å². The van der Waals surface area contributed by atoms with Gasteiger partial charge in [0, 0.05) is 30.2 Å². The maximum absolute atomic E-state index is 11.1. The van der Waals surface area contributed by atoms with E-state index >= 15 is 0 Å². The molecule has 1 N–H and O–H groups in total. The molecule has 0 aromatic carbocycles. The molecular formula is C13H17N3O2. The van der Waals surface area contributed by atoms with Crippen molar-refractivity contribution in [3.8, 4) is 0 Å². The van der Waals surface area contributed by atoms with Crippen molar-refractivity contribution in [1.82, 2.24) is 14.3 Å². The van der Waals surface area contributed by atoms with Crippen molar-refractivity contribution in [2.45, 2.75) is 27.3 Å². The number of nitrogens with zero attached hydrogens (tertiary/aromatic N) is 3. The summed E-state index contributed by atoms with van der Waals surface area (Å²) < 4.78 is 3.78. The third kappa shape index (κ3) is 2.03. The smallest absolute Gasteiger partial charge is 0.337 e. The number of aromatic carboxylic acids is 1. The molecule has 0 aliphatic rings. The lowest BCUT2D eigenvalue weighted by molar-refractivity contribution is 0.0696. The second-order valence-corrected chi connectivity index (χ2v) is 4.59. The van der Waals surface area contributed by atoms with Crippen molar-refractivity contribution in [1.29, 1.82) is 0 Å². The highest BCUT2D eigenvalue weighted by molar-refractivity contribution is 5.89. The first-order chi connectivity index (χ1) is 8.40. The molecule has 18 heavy (non-hydrogen) atoms. The van der Waals surface area contributed by atoms with Crippen molar-refractivity contribution >= 4 is 5.97 Å². The summed E-state index contributed by atoms with van der Waals surface area (Å²) in [7, 11) is 1.88. The molecule has 0 amide bonds. The van der Waals surface area contributed by atoms with E-state index in [2.05, 4.69) is 5.10 Å². The number of aromatic nitrogens is 3. The van der Waals surface area contributed by atoms with Gasteiger partial charge in [0.05, 0.1) is 17.8 Å². The average Bonchev–Trinajstić information content (AvgIpc) is 2.72. The normalized spacial score (nSPS) is 10.9. The van der Waals surface area contributed by atoms with Crippen molar-refractivity contribution in [2.24, 2.45) is 7.05 Å². The Labute approximate surface area is 106 Å². The zero-order chi connectivity index (χ0) is 13.4. The largest absolute Gasteiger partial charge is 0.478 e. The highest BCUT2D eigenvalue weighted by Crippen LogP contribution is 2.18. The van der Waals surface area contributed by atoms with Crippen LogP contribution in [0.4, 0.5) is 0 Å². The van der Waals surface area contributed by atoms with Gasteiger partial charge in [-0.2, -0.15) is 5.10 Å². The highest BCUT2D eigenvalue weighted by atomic mass is 16.4. The Kier molecular flexibility index (Phi) is 2.98. The fourth-order valence-electron chi connectivity index (χ4n) is 2.24. The fraction of sp³-hybridized carbons (Fsp3) is 0.385. The summed E-state index contributed by atoms with van der Waals surface area (Å²) in [6, 6.07) is 1.71. The third-order valence-corrected chi connectivity index (χ3v) is 3.25. The van der Waals surface area contributed by atoms with Crippen LogP contribution in [0.15, 0.2) is 12.3 Å². The van der Waals surface area contributed by atoms with E-state index in [1.54, 1.807) is 10.7 Å². The first kappa shape index (κ1) is 12.4. The average molecular weight is 247 g/mol. The van der Waals surface area contributed by atoms with E-state index in [4.69, 9.17) is 5.11 Å². The molecule has 0 unspecified atom stereocenters. The number of carboxylic acid groups (broad SMARTS) is 1. The molecule has 0 radical (unpaired) electrons. The van der Waals surface area contributed by atoms with E-state index in [9.17, 15) is 4.79 Å². The predicted molar refractivity (Wildman–Crippen MR) is 67.9 cm³/mol. The van der Waals surface area contributed by atoms with Crippen LogP contribution in [0.1, 0.15) is 33.0 Å². The van der Waals surface area contributed by atoms with Crippen molar-refractivity contribution in [2.75, 3.05) is 0 Å². The molecule has 0 atom stereocenters. The maximum Gasteiger partial charge on any atom is 0.337 e. The van der Waals surface area contributed by atoms with Gasteiger partial charge < -0.3 is 9.67 Å². The highest BCUT2D eigenvalue weighted by Gasteiger charge is 2.15. The topological polar surface area (TPSA) is 60.0 Å². The molecule has 0 bridgehead atoms. The Hall–Kier alpha value is -2.04. The van der Waals surface area contributed by atoms with Gasteiger partial charge in [0.15, 0.2) is 0 Å². The molecule has 0 saturated carbocycles. The summed E-state index contributed by atoms with van der Waals surface area (Å²) >= 11 is 0. The van der Waals surface area contributed by atoms with E-state index in [1.807, 2.05) is 38.6 Å². The molecule has 0 spiro atoms. The monoisotopic (exact) mass is 247 g/mol. The minimum Gasteiger partial charge on any atom is -0.478 e. The van der Waals surface area contributed by atoms with Crippen LogP contribution in [-0.4, -0.2) is 25.4 Å². The number of carboxylic acids is 1. The first-order valence-corrected chi connectivity index (χ1v) is 5.79. The maximum atomic E-state index is 11.1. The van der Waals surface area contributed by atoms with E-state index < -0.39 is 5.97 Å². The van der Waals surface area contributed by atoms with Crippen LogP contribution in [0.3, 0.4) is 0 Å². The van der Waals surface area contributed by atoms with Crippen LogP contribution in [0.5, 0.6) is 0 Å². The third-order valence-electron chi connectivity index (χ3n) is 3.25. The summed E-state index contributed by atoms with van der Waals surface area (Å²) in [5.41, 5.74) is 4.18. The van der Waals surface area contributed by atoms with Crippen LogP contribution in [0, 0.1) is 20.8 Å². The standard InChI is InChI=1S/C13H17N3O2/c1-8-5-12(13(17)18)10(3)16(8)7-11-6-15(4)14-9(11)2/h5-6H,7H2,1-4H3,(H,17,18). The van der Waals surface area contributed by atoms with Gasteiger partial charge in [-0.1, -0.05) is 0 Å². The molecule has 5 heteroatoms. The quantitative estimate of drug-likeness (QED) is 0.901. The van der Waals surface area contributed by atoms with E-state index in [0.29, 0.717) is 12.1 Å². The lowest BCUT2D eigenvalue weighted by atomic mass is 10.2. The number of rotatable bonds is 3. The second kappa shape index (κ2) is 4.33. The Bertz CT molecular complexity index is 608. The molecule has 2 aromatic rings. The van der Waals surface area contributed by atoms with Gasteiger partial charge >= 0.3 is 5.97 Å². The SMILES string of the molecule is Cc1nn(C)cc1Cn1c(C)cc(C(=O)O)c1C. The zero-order valence-corrected chi connectivity index (χ0v) is 11.1. The molecule has 2 aromatic heterocycles. The van der Waals surface area contributed by atoms with Gasteiger partial charge in [0.25, 0.3) is 0 Å². The van der Waals surface area contributed by atoms with Gasteiger partial charge in [0.2, 0.25) is 0 Å². The molecule has 0 aliphatic carbocycles. The number of hydrogen-bond acceptors (Lipinski definition) is 2. The minimum absolute atomic E-state index is 0.369. The van der Waals surface area contributed by atoms with Crippen LogP contribution in [0.25, 0.3) is 0 Å². The molecular weight excluding hydrogens is 230 g/mol. The number of aryl methyl sites for hydroxylation is 3. The molecule has 2 heterocycles. The van der Waals surface area contributed by atoms with E-state index in [-0.39, 0.29) is 0 Å². The number of carbonyl (C=O) groups is 1. The van der Waals surface area contributed by atoms with Crippen molar-refractivity contribution in [3.63, 3.8) is 0 Å². The molecule has 0 saturated heterocycles. The van der Waals surface area contributed by atoms with Gasteiger partial charge in [-0.15, -0.1) is 0 Å². The summed E-state index contributed by atoms with van der Waals surface area (Å²) in [5.74, 6) is -0.878. The van der Waals surface area contributed by atoms with Gasteiger partial charge in [0.1, 0.15) is 0 Å². The Morgan fingerprint density at radius 1 is 1.39 bits per heavy atom. The fourth-order valence-corrected chi connectivity index (χ4v) is 2.24. The minimum atomic E-state index is -0.878. The van der Waals surface area contributed by atoms with E-state index in [1.165, 1.54) is 0 Å². The van der Waals surface area contributed by atoms with Crippen LogP contribution < -0.4 is 0 Å². The van der Waals surface area contributed by atoms with Crippen molar-refractivity contribution < 1.29 is 9.90 Å². The zero-order valence-electron chi connectivity index (χ0n) is 11.1. The molecule has 0 fully saturated rings. The molecule has 96 valence electrons. The Balaban J connectivity index is 2.41. The Morgan fingerprint density at radius 2 is 2.06 bits per heavy atom. The van der Waals surface area contributed by atoms with Crippen molar-refractivity contribution in [3.05, 3.63) is 40.5 Å². The number of hydrogen-bond donors (Lipinski definition) is 1. The predicted octanol–water partition coefficient (Wildman–Crippen LogP) is 1.89. The summed E-state index contributed by atoms with van der Waals surface area (Å²) in [4.78, 5) is 11.1. The lowest BCUT2D eigenvalue weighted by Gasteiger charge is -2.08. The Morgan fingerprint density at radius 3 is 2.50 bits per heavy atom. The van der Waals surface area contributed by atoms with E-state index in [0.717, 1.165) is 22.6 Å². The van der Waals surface area contributed by atoms with Crippen LogP contribution >= 0.6 is 0 Å². The molecule has 2 rings (SSSR count). The second-order valence-electron chi connectivity index (χ2n) is 4.59. The summed E-state index contributed by atoms with van der Waals surface area (Å²) in [6.45, 7) is 6.37. The lowest BCUT2D eigenvalue weighted by Crippen LogP contribution is -2.06. The van der Waals surface area contributed by atoms with Gasteiger partial charge in [-0.25, -0.2) is 4.79 Å². The summed E-state index contributed by atoms with van der Waals surface area (Å²) in [5, 5.41) is 13.4. The molecule has 0 aliphatic heterocycles. The van der Waals surface area contributed by atoms with Crippen LogP contribution in [-0.2, 0) is 13.6 Å². The van der Waals surface area contributed by atoms with Gasteiger partial charge in [-0.3, -0.25) is 4.68 Å². The van der Waals surface area contributed by atoms with Gasteiger partial charge in [-0.05, 0) is 26.8 Å². The first-order valence-electron chi connectivity index (χ1n) is 5.79.